The Bertz CT molecular complexity index is 455. The summed E-state index contributed by atoms with van der Waals surface area (Å²) >= 11 is 0. The van der Waals surface area contributed by atoms with Crippen LogP contribution in [-0.2, 0) is 4.74 Å². The first kappa shape index (κ1) is 12.6. The molecule has 1 amide bonds. The number of anilines is 1. The van der Waals surface area contributed by atoms with Gasteiger partial charge < -0.3 is 14.9 Å². The molecule has 0 bridgehead atoms. The molecule has 0 aliphatic heterocycles. The first-order valence-corrected chi connectivity index (χ1v) is 4.66. The summed E-state index contributed by atoms with van der Waals surface area (Å²) in [5.41, 5.74) is -0.328. The molecule has 0 aliphatic carbocycles. The molecule has 0 spiro atoms. The first-order valence-electron chi connectivity index (χ1n) is 4.66. The predicted molar refractivity (Wildman–Crippen MR) is 60.2 cm³/mol. The summed E-state index contributed by atoms with van der Waals surface area (Å²) < 4.78 is 4.62. The summed E-state index contributed by atoms with van der Waals surface area (Å²) in [6, 6.07) is 3.97. The summed E-state index contributed by atoms with van der Waals surface area (Å²) in [6.07, 6.45) is 0.579. The van der Waals surface area contributed by atoms with Gasteiger partial charge in [-0.3, -0.25) is 5.32 Å². The van der Waals surface area contributed by atoms with E-state index in [1.807, 2.05) is 0 Å². The van der Waals surface area contributed by atoms with E-state index in [2.05, 4.69) is 16.6 Å². The predicted octanol–water partition coefficient (Wildman–Crippen LogP) is 1.82. The number of carbonyl (C=O) groups is 2. The Kier molecular flexibility index (Phi) is 4.10. The van der Waals surface area contributed by atoms with Crippen LogP contribution in [0.15, 0.2) is 30.9 Å². The molecule has 0 aliphatic rings. The van der Waals surface area contributed by atoms with Crippen molar-refractivity contribution < 1.29 is 24.5 Å². The molecule has 17 heavy (non-hydrogen) atoms. The number of aromatic hydroxyl groups is 1. The molecule has 6 nitrogen and oxygen atoms in total. The van der Waals surface area contributed by atoms with Gasteiger partial charge in [-0.25, -0.2) is 9.59 Å². The zero-order valence-corrected chi connectivity index (χ0v) is 8.84. The molecule has 0 saturated carbocycles. The lowest BCUT2D eigenvalue weighted by molar-refractivity contribution is 0.0693. The van der Waals surface area contributed by atoms with E-state index in [-0.39, 0.29) is 17.9 Å². The molecule has 90 valence electrons. The molecule has 1 rings (SSSR count). The molecule has 0 atom stereocenters. The van der Waals surface area contributed by atoms with E-state index < -0.39 is 17.8 Å². The van der Waals surface area contributed by atoms with Crippen molar-refractivity contribution in [1.29, 1.82) is 0 Å². The van der Waals surface area contributed by atoms with Crippen molar-refractivity contribution in [2.45, 2.75) is 0 Å². The molecular formula is C11H11NO5. The summed E-state index contributed by atoms with van der Waals surface area (Å²) in [4.78, 5) is 21.9. The third kappa shape index (κ3) is 3.23. The Hall–Kier alpha value is -2.50. The number of aromatic carboxylic acids is 1. The average Bonchev–Trinajstić information content (AvgIpc) is 2.28. The number of carboxylic acid groups (broad SMARTS) is 1. The van der Waals surface area contributed by atoms with Crippen LogP contribution in [0.4, 0.5) is 10.5 Å². The molecule has 0 saturated heterocycles. The summed E-state index contributed by atoms with van der Waals surface area (Å²) in [5.74, 6) is -1.80. The molecule has 0 aromatic heterocycles. The van der Waals surface area contributed by atoms with Crippen LogP contribution in [0.25, 0.3) is 0 Å². The van der Waals surface area contributed by atoms with Gasteiger partial charge in [0.05, 0.1) is 5.69 Å². The highest BCUT2D eigenvalue weighted by molar-refractivity contribution is 5.96. The summed E-state index contributed by atoms with van der Waals surface area (Å²) in [6.45, 7) is 3.38. The number of benzene rings is 1. The minimum atomic E-state index is -1.29. The second-order valence-electron chi connectivity index (χ2n) is 3.02. The maximum Gasteiger partial charge on any atom is 0.412 e. The molecule has 1 aromatic rings. The van der Waals surface area contributed by atoms with Gasteiger partial charge in [-0.1, -0.05) is 18.7 Å². The van der Waals surface area contributed by atoms with E-state index in [9.17, 15) is 14.7 Å². The highest BCUT2D eigenvalue weighted by Gasteiger charge is 2.14. The van der Waals surface area contributed by atoms with Crippen LogP contribution in [0.2, 0.25) is 0 Å². The number of carbonyl (C=O) groups excluding carboxylic acids is 1. The van der Waals surface area contributed by atoms with Gasteiger partial charge in [0.1, 0.15) is 12.2 Å². The zero-order chi connectivity index (χ0) is 12.8. The third-order valence-corrected chi connectivity index (χ3v) is 1.84. The first-order chi connectivity index (χ1) is 8.06. The van der Waals surface area contributed by atoms with Crippen molar-refractivity contribution in [3.8, 4) is 5.75 Å². The van der Waals surface area contributed by atoms with E-state index in [0.717, 1.165) is 0 Å². The van der Waals surface area contributed by atoms with Gasteiger partial charge in [-0.05, 0) is 12.1 Å². The lowest BCUT2D eigenvalue weighted by atomic mass is 10.2. The molecule has 0 radical (unpaired) electrons. The van der Waals surface area contributed by atoms with Crippen LogP contribution in [0.3, 0.4) is 0 Å². The Balaban J connectivity index is 2.85. The van der Waals surface area contributed by atoms with E-state index >= 15 is 0 Å². The van der Waals surface area contributed by atoms with Gasteiger partial charge in [0.25, 0.3) is 0 Å². The number of ether oxygens (including phenoxy) is 1. The standard InChI is InChI=1S/C11H11NO5/c1-2-6-17-11(16)12-8-5-3-4-7(9(8)13)10(14)15/h2-5,13H,1,6H2,(H,12,16)(H,14,15). The van der Waals surface area contributed by atoms with Crippen molar-refractivity contribution in [2.24, 2.45) is 0 Å². The van der Waals surface area contributed by atoms with Crippen molar-refractivity contribution in [1.82, 2.24) is 0 Å². The number of hydrogen-bond donors (Lipinski definition) is 3. The van der Waals surface area contributed by atoms with Gasteiger partial charge in [0, 0.05) is 0 Å². The van der Waals surface area contributed by atoms with Gasteiger partial charge in [-0.2, -0.15) is 0 Å². The fraction of sp³-hybridized carbons (Fsp3) is 0.0909. The molecule has 1 aromatic carbocycles. The smallest absolute Gasteiger partial charge is 0.412 e. The van der Waals surface area contributed by atoms with Gasteiger partial charge in [0.2, 0.25) is 0 Å². The summed E-state index contributed by atoms with van der Waals surface area (Å²) in [7, 11) is 0. The average molecular weight is 237 g/mol. The third-order valence-electron chi connectivity index (χ3n) is 1.84. The topological polar surface area (TPSA) is 95.9 Å². The van der Waals surface area contributed by atoms with Crippen molar-refractivity contribution in [3.05, 3.63) is 36.4 Å². The van der Waals surface area contributed by atoms with Crippen LogP contribution < -0.4 is 5.32 Å². The monoisotopic (exact) mass is 237 g/mol. The van der Waals surface area contributed by atoms with Crippen molar-refractivity contribution in [3.63, 3.8) is 0 Å². The van der Waals surface area contributed by atoms with Crippen molar-refractivity contribution >= 4 is 17.7 Å². The Morgan fingerprint density at radius 2 is 2.18 bits per heavy atom. The Labute approximate surface area is 97.1 Å². The normalized spacial score (nSPS) is 9.41. The Morgan fingerprint density at radius 1 is 1.47 bits per heavy atom. The van der Waals surface area contributed by atoms with E-state index in [4.69, 9.17) is 5.11 Å². The highest BCUT2D eigenvalue weighted by atomic mass is 16.5. The van der Waals surface area contributed by atoms with Crippen LogP contribution in [0.1, 0.15) is 10.4 Å². The van der Waals surface area contributed by atoms with Crippen LogP contribution >= 0.6 is 0 Å². The van der Waals surface area contributed by atoms with Crippen LogP contribution in [-0.4, -0.2) is 28.9 Å². The minimum absolute atomic E-state index is 0.0191. The summed E-state index contributed by atoms with van der Waals surface area (Å²) in [5, 5.41) is 20.5. The van der Waals surface area contributed by atoms with E-state index in [0.29, 0.717) is 0 Å². The molecule has 0 unspecified atom stereocenters. The molecule has 0 fully saturated rings. The quantitative estimate of drug-likeness (QED) is 0.548. The Morgan fingerprint density at radius 3 is 2.76 bits per heavy atom. The molecule has 6 heteroatoms. The minimum Gasteiger partial charge on any atom is -0.505 e. The molecular weight excluding hydrogens is 226 g/mol. The molecule has 0 heterocycles. The second-order valence-corrected chi connectivity index (χ2v) is 3.02. The fourth-order valence-electron chi connectivity index (χ4n) is 1.10. The van der Waals surface area contributed by atoms with Gasteiger partial charge in [0.15, 0.2) is 5.75 Å². The van der Waals surface area contributed by atoms with Gasteiger partial charge >= 0.3 is 12.1 Å². The maximum absolute atomic E-state index is 11.2. The number of nitrogens with one attached hydrogen (secondary N) is 1. The zero-order valence-electron chi connectivity index (χ0n) is 8.84. The van der Waals surface area contributed by atoms with Crippen molar-refractivity contribution in [2.75, 3.05) is 11.9 Å². The molecule has 3 N–H and O–H groups in total. The largest absolute Gasteiger partial charge is 0.505 e. The lowest BCUT2D eigenvalue weighted by Gasteiger charge is -2.08. The number of amides is 1. The number of phenols is 1. The van der Waals surface area contributed by atoms with E-state index in [1.54, 1.807) is 0 Å². The lowest BCUT2D eigenvalue weighted by Crippen LogP contribution is -2.14. The van der Waals surface area contributed by atoms with Crippen LogP contribution in [0.5, 0.6) is 5.75 Å². The number of carboxylic acids is 1. The fourth-order valence-corrected chi connectivity index (χ4v) is 1.10. The number of rotatable bonds is 4. The number of hydrogen-bond acceptors (Lipinski definition) is 4. The van der Waals surface area contributed by atoms with E-state index in [1.165, 1.54) is 24.3 Å². The van der Waals surface area contributed by atoms with Crippen LogP contribution in [0, 0.1) is 0 Å². The SMILES string of the molecule is C=CCOC(=O)Nc1cccc(C(=O)O)c1O. The highest BCUT2D eigenvalue weighted by Crippen LogP contribution is 2.27. The number of para-hydroxylation sites is 1. The van der Waals surface area contributed by atoms with Gasteiger partial charge in [-0.15, -0.1) is 0 Å². The second kappa shape index (κ2) is 5.55. The maximum atomic E-state index is 11.2.